The van der Waals surface area contributed by atoms with E-state index in [2.05, 4.69) is 57.8 Å². The van der Waals surface area contributed by atoms with Crippen molar-refractivity contribution in [3.8, 4) is 17.2 Å². The third-order valence-corrected chi connectivity index (χ3v) is 13.7. The molecule has 4 aliphatic rings. The van der Waals surface area contributed by atoms with Crippen molar-refractivity contribution in [2.45, 2.75) is 114 Å². The van der Waals surface area contributed by atoms with Crippen molar-refractivity contribution in [1.82, 2.24) is 9.97 Å². The number of aryl methyl sites for hydroxylation is 2. The number of carbonyl (C=O) groups is 2. The molecule has 5 atom stereocenters. The number of ether oxygens (including phenoxy) is 1. The third kappa shape index (κ3) is 8.29. The normalized spacial score (nSPS) is 23.1. The zero-order valence-electron chi connectivity index (χ0n) is 34.3. The van der Waals surface area contributed by atoms with Crippen LogP contribution in [-0.2, 0) is 28.9 Å². The van der Waals surface area contributed by atoms with Crippen molar-refractivity contribution in [1.29, 1.82) is 0 Å². The van der Waals surface area contributed by atoms with Crippen LogP contribution in [0.3, 0.4) is 0 Å². The van der Waals surface area contributed by atoms with Crippen LogP contribution >= 0.6 is 0 Å². The van der Waals surface area contributed by atoms with E-state index in [1.165, 1.54) is 11.1 Å². The van der Waals surface area contributed by atoms with Gasteiger partial charge in [-0.1, -0.05) is 48.9 Å². The molecule has 0 amide bonds. The number of unbranched alkanes of at least 4 members (excludes halogenated alkanes) is 1. The molecule has 3 heterocycles. The molecule has 6 N–H and O–H groups in total. The minimum Gasteiger partial charge on any atom is -0.508 e. The number of aromatic hydroxyl groups is 2. The van der Waals surface area contributed by atoms with Crippen LogP contribution in [0.1, 0.15) is 127 Å². The monoisotopic (exact) mass is 807 g/mol. The van der Waals surface area contributed by atoms with Crippen molar-refractivity contribution in [3.05, 3.63) is 135 Å². The molecule has 5 aromatic rings. The van der Waals surface area contributed by atoms with Gasteiger partial charge in [0.25, 0.3) is 0 Å². The van der Waals surface area contributed by atoms with Gasteiger partial charge in [-0.25, -0.2) is 0 Å². The number of fused-ring (bicyclic) bond motifs is 13. The van der Waals surface area contributed by atoms with E-state index in [9.17, 15) is 20.1 Å². The molecule has 3 aliphatic carbocycles. The SMILES string of the molecule is O=C1CCc2cc(c(O)c(OC3CCCC3)c2)Cc2cccc(c2)[C@@H]2CC[C@@H](Nc3[nH]ccc32)C2=Cc3[nH]ccc3[C@@H](CCCCc3cccc(O)c3)[C@H]2C(=O)[C@H]1CCO. The summed E-state index contributed by atoms with van der Waals surface area (Å²) < 4.78 is 6.45. The molecule has 9 nitrogen and oxygen atoms in total. The number of aliphatic hydroxyl groups is 1. The minimum atomic E-state index is -0.970. The number of rotatable bonds is 9. The summed E-state index contributed by atoms with van der Waals surface area (Å²) in [6, 6.07) is 24.0. The van der Waals surface area contributed by atoms with Crippen LogP contribution < -0.4 is 10.1 Å². The van der Waals surface area contributed by atoms with E-state index < -0.39 is 11.8 Å². The van der Waals surface area contributed by atoms with Crippen molar-refractivity contribution >= 4 is 23.5 Å². The summed E-state index contributed by atoms with van der Waals surface area (Å²) >= 11 is 0. The Bertz CT molecular complexity index is 2370. The number of aliphatic hydroxyl groups excluding tert-OH is 1. The first kappa shape index (κ1) is 39.9. The highest BCUT2D eigenvalue weighted by Crippen LogP contribution is 2.48. The van der Waals surface area contributed by atoms with Crippen molar-refractivity contribution < 1.29 is 29.6 Å². The van der Waals surface area contributed by atoms with Gasteiger partial charge in [-0.3, -0.25) is 9.59 Å². The van der Waals surface area contributed by atoms with Crippen molar-refractivity contribution in [2.24, 2.45) is 11.8 Å². The molecule has 6 bridgehead atoms. The van der Waals surface area contributed by atoms with Gasteiger partial charge in [-0.2, -0.15) is 0 Å². The van der Waals surface area contributed by atoms with Gasteiger partial charge in [0.1, 0.15) is 17.4 Å². The summed E-state index contributed by atoms with van der Waals surface area (Å²) in [5.74, 6) is -0.124. The first-order valence-corrected chi connectivity index (χ1v) is 22.2. The summed E-state index contributed by atoms with van der Waals surface area (Å²) in [4.78, 5) is 37.0. The summed E-state index contributed by atoms with van der Waals surface area (Å²) in [7, 11) is 0. The number of aromatic amines is 2. The highest BCUT2D eigenvalue weighted by atomic mass is 16.5. The lowest BCUT2D eigenvalue weighted by atomic mass is 9.67. The van der Waals surface area contributed by atoms with E-state index in [0.29, 0.717) is 18.6 Å². The zero-order chi connectivity index (χ0) is 41.2. The number of anilines is 1. The zero-order valence-corrected chi connectivity index (χ0v) is 34.3. The van der Waals surface area contributed by atoms with Gasteiger partial charge in [-0.15, -0.1) is 0 Å². The maximum atomic E-state index is 15.4. The van der Waals surface area contributed by atoms with Gasteiger partial charge in [0, 0.05) is 66.5 Å². The fourth-order valence-electron chi connectivity index (χ4n) is 10.7. The highest BCUT2D eigenvalue weighted by Gasteiger charge is 2.44. The number of nitrogens with one attached hydrogen (secondary N) is 3. The van der Waals surface area contributed by atoms with E-state index in [0.717, 1.165) is 109 Å². The standard InChI is InChI=1S/C51H57N3O6/c55-24-21-42-46(57)18-15-33-27-35(49(58)47(29-33)60-37-12-2-3-13-37)26-32-9-5-10-34(25-32)38-16-17-44(54-51-41(38)20-23-53-51)43-30-45-39(19-22-52-45)40(48(43)50(42)59)14-4-1-7-31-8-6-11-36(56)28-31/h5-6,8-11,19-20,22-23,25,27-30,37-38,40,42,44,48,52-56,58H,1-4,7,12-18,21,24,26H2/t38-,40+,42-,44+,48+/m0/s1. The molecule has 3 aromatic carbocycles. The van der Waals surface area contributed by atoms with Crippen LogP contribution in [0.25, 0.3) is 6.08 Å². The summed E-state index contributed by atoms with van der Waals surface area (Å²) in [6.07, 6.45) is 16.2. The number of aromatic nitrogens is 2. The van der Waals surface area contributed by atoms with Crippen molar-refractivity contribution in [2.75, 3.05) is 11.9 Å². The lowest BCUT2D eigenvalue weighted by molar-refractivity contribution is -0.135. The largest absolute Gasteiger partial charge is 0.508 e. The number of Topliss-reactive ketones (excluding diaryl/α,β-unsaturated/α-hetero) is 2. The van der Waals surface area contributed by atoms with Gasteiger partial charge in [0.05, 0.1) is 12.0 Å². The number of ketones is 2. The number of hydrogen-bond donors (Lipinski definition) is 6. The van der Waals surface area contributed by atoms with Gasteiger partial charge in [0.15, 0.2) is 17.3 Å². The molecular weight excluding hydrogens is 751 g/mol. The topological polar surface area (TPSA) is 148 Å². The Kier molecular flexibility index (Phi) is 11.7. The predicted octanol–water partition coefficient (Wildman–Crippen LogP) is 9.67. The van der Waals surface area contributed by atoms with Crippen LogP contribution in [0.2, 0.25) is 0 Å². The first-order valence-electron chi connectivity index (χ1n) is 22.2. The summed E-state index contributed by atoms with van der Waals surface area (Å²) in [5.41, 5.74) is 9.23. The number of phenols is 2. The average molecular weight is 808 g/mol. The maximum absolute atomic E-state index is 15.4. The second kappa shape index (κ2) is 17.6. The number of benzene rings is 3. The quantitative estimate of drug-likeness (QED) is 0.0642. The molecule has 2 aromatic heterocycles. The Hall–Kier alpha value is -5.54. The molecule has 1 aliphatic heterocycles. The van der Waals surface area contributed by atoms with E-state index in [1.54, 1.807) is 6.07 Å². The van der Waals surface area contributed by atoms with Gasteiger partial charge >= 0.3 is 0 Å². The Morgan fingerprint density at radius 1 is 0.783 bits per heavy atom. The summed E-state index contributed by atoms with van der Waals surface area (Å²) in [5, 5.41) is 36.1. The number of phenolic OH excluding ortho intramolecular Hbond substituents is 2. The fourth-order valence-corrected chi connectivity index (χ4v) is 10.7. The van der Waals surface area contributed by atoms with Crippen molar-refractivity contribution in [3.63, 3.8) is 0 Å². The lowest BCUT2D eigenvalue weighted by Gasteiger charge is -2.37. The second-order valence-electron chi connectivity index (χ2n) is 17.6. The van der Waals surface area contributed by atoms with E-state index in [4.69, 9.17) is 4.74 Å². The van der Waals surface area contributed by atoms with Crippen LogP contribution in [0.4, 0.5) is 5.82 Å². The molecule has 312 valence electrons. The predicted molar refractivity (Wildman–Crippen MR) is 234 cm³/mol. The molecule has 0 radical (unpaired) electrons. The number of hydrogen-bond acceptors (Lipinski definition) is 7. The molecular formula is C51H57N3O6. The smallest absolute Gasteiger partial charge is 0.161 e. The number of H-pyrrole nitrogens is 2. The first-order chi connectivity index (χ1) is 29.3. The summed E-state index contributed by atoms with van der Waals surface area (Å²) in [6.45, 7) is -0.270. The van der Waals surface area contributed by atoms with Crippen LogP contribution in [-0.4, -0.2) is 55.6 Å². The second-order valence-corrected chi connectivity index (χ2v) is 17.6. The van der Waals surface area contributed by atoms with Crippen LogP contribution in [0, 0.1) is 11.8 Å². The Morgan fingerprint density at radius 3 is 2.47 bits per heavy atom. The van der Waals surface area contributed by atoms with Gasteiger partial charge in [-0.05, 0) is 146 Å². The lowest BCUT2D eigenvalue weighted by Crippen LogP contribution is -2.40. The Balaban J connectivity index is 1.12. The molecule has 9 rings (SSSR count). The average Bonchev–Trinajstić information content (AvgIpc) is 4.03. The van der Waals surface area contributed by atoms with Gasteiger partial charge < -0.3 is 35.3 Å². The Morgan fingerprint density at radius 2 is 1.62 bits per heavy atom. The molecule has 0 spiro atoms. The minimum absolute atomic E-state index is 0.0437. The molecule has 0 unspecified atom stereocenters. The highest BCUT2D eigenvalue weighted by molar-refractivity contribution is 6.05. The maximum Gasteiger partial charge on any atom is 0.161 e. The molecule has 1 saturated carbocycles. The third-order valence-electron chi connectivity index (χ3n) is 13.7. The fraction of sp³-hybridized carbons (Fsp3) is 0.412. The van der Waals surface area contributed by atoms with E-state index in [-0.39, 0.29) is 66.5 Å². The molecule has 60 heavy (non-hydrogen) atoms. The molecule has 0 saturated heterocycles. The van der Waals surface area contributed by atoms with E-state index >= 15 is 4.79 Å². The van der Waals surface area contributed by atoms with Gasteiger partial charge in [0.2, 0.25) is 0 Å². The van der Waals surface area contributed by atoms with Crippen LogP contribution in [0.5, 0.6) is 17.2 Å². The van der Waals surface area contributed by atoms with E-state index in [1.807, 2.05) is 42.7 Å². The van der Waals surface area contributed by atoms with Crippen LogP contribution in [0.15, 0.2) is 90.8 Å². The molecule has 9 heteroatoms. The number of carbonyl (C=O) groups excluding carboxylic acids is 2. The Labute approximate surface area is 352 Å². The molecule has 1 fully saturated rings.